The number of anilines is 1. The molecule has 0 aliphatic heterocycles. The maximum atomic E-state index is 12.7. The van der Waals surface area contributed by atoms with Crippen LogP contribution in [0.1, 0.15) is 25.8 Å². The first kappa shape index (κ1) is 26.2. The van der Waals surface area contributed by atoms with Crippen molar-refractivity contribution in [1.82, 2.24) is 19.4 Å². The van der Waals surface area contributed by atoms with E-state index < -0.39 is 0 Å². The van der Waals surface area contributed by atoms with Gasteiger partial charge in [-0.25, -0.2) is 9.78 Å². The minimum absolute atomic E-state index is 0.288. The van der Waals surface area contributed by atoms with E-state index in [1.807, 2.05) is 18.2 Å². The molecular formula is C29H28N6O3S. The maximum Gasteiger partial charge on any atom is 0.332 e. The van der Waals surface area contributed by atoms with Gasteiger partial charge in [0.2, 0.25) is 0 Å². The van der Waals surface area contributed by atoms with Gasteiger partial charge in [0, 0.05) is 47.4 Å². The predicted molar refractivity (Wildman–Crippen MR) is 153 cm³/mol. The topological polar surface area (TPSA) is 105 Å². The summed E-state index contributed by atoms with van der Waals surface area (Å²) in [6.45, 7) is 7.76. The van der Waals surface area contributed by atoms with Crippen LogP contribution in [0, 0.1) is 11.3 Å². The molecule has 198 valence electrons. The summed E-state index contributed by atoms with van der Waals surface area (Å²) in [5.74, 6) is 1.70. The molecule has 0 saturated heterocycles. The molecule has 1 amide bonds. The summed E-state index contributed by atoms with van der Waals surface area (Å²) in [7, 11) is 0. The van der Waals surface area contributed by atoms with Crippen molar-refractivity contribution in [2.45, 2.75) is 20.3 Å². The van der Waals surface area contributed by atoms with E-state index in [-0.39, 0.29) is 6.03 Å². The van der Waals surface area contributed by atoms with Crippen molar-refractivity contribution in [3.05, 3.63) is 72.0 Å². The van der Waals surface area contributed by atoms with Gasteiger partial charge >= 0.3 is 6.03 Å². The second-order valence-corrected chi connectivity index (χ2v) is 9.69. The highest BCUT2D eigenvalue weighted by Gasteiger charge is 2.14. The third-order valence-corrected chi connectivity index (χ3v) is 7.14. The average molecular weight is 541 g/mol. The highest BCUT2D eigenvalue weighted by Crippen LogP contribution is 2.34. The molecule has 1 N–H and O–H groups in total. The summed E-state index contributed by atoms with van der Waals surface area (Å²) in [4.78, 5) is 23.6. The predicted octanol–water partition coefficient (Wildman–Crippen LogP) is 6.50. The number of thiazole rings is 1. The van der Waals surface area contributed by atoms with E-state index in [2.05, 4.69) is 40.1 Å². The van der Waals surface area contributed by atoms with Gasteiger partial charge in [0.25, 0.3) is 0 Å². The molecule has 0 aliphatic rings. The molecular weight excluding hydrogens is 512 g/mol. The molecule has 0 unspecified atom stereocenters. The summed E-state index contributed by atoms with van der Waals surface area (Å²) in [5, 5.41) is 16.5. The second kappa shape index (κ2) is 11.9. The number of hydrogen-bond acceptors (Lipinski definition) is 8. The number of fused-ring (bicyclic) bond motifs is 2. The van der Waals surface area contributed by atoms with Crippen molar-refractivity contribution in [1.29, 1.82) is 5.26 Å². The van der Waals surface area contributed by atoms with Crippen LogP contribution in [0.5, 0.6) is 17.2 Å². The number of ether oxygens (including phenoxy) is 2. The van der Waals surface area contributed by atoms with E-state index in [0.29, 0.717) is 45.5 Å². The Balaban J connectivity index is 1.34. The average Bonchev–Trinajstić information content (AvgIpc) is 3.62. The van der Waals surface area contributed by atoms with Crippen molar-refractivity contribution < 1.29 is 14.3 Å². The molecule has 0 saturated carbocycles. The molecule has 5 rings (SSSR count). The zero-order valence-electron chi connectivity index (χ0n) is 21.8. The van der Waals surface area contributed by atoms with Gasteiger partial charge in [0.15, 0.2) is 5.13 Å². The number of carbonyl (C=O) groups is 1. The van der Waals surface area contributed by atoms with E-state index >= 15 is 0 Å². The Morgan fingerprint density at radius 2 is 1.97 bits per heavy atom. The van der Waals surface area contributed by atoms with Gasteiger partial charge < -0.3 is 14.4 Å². The van der Waals surface area contributed by atoms with E-state index in [0.717, 1.165) is 37.0 Å². The van der Waals surface area contributed by atoms with Crippen LogP contribution in [0.15, 0.2) is 66.4 Å². The Kier molecular flexibility index (Phi) is 8.01. The minimum Gasteiger partial charge on any atom is -0.492 e. The van der Waals surface area contributed by atoms with Crippen molar-refractivity contribution in [3.8, 4) is 23.3 Å². The lowest BCUT2D eigenvalue weighted by atomic mass is 10.1. The fraction of sp³-hybridized carbons (Fsp3) is 0.241. The van der Waals surface area contributed by atoms with Gasteiger partial charge in [0.1, 0.15) is 23.3 Å². The molecule has 0 spiro atoms. The van der Waals surface area contributed by atoms with E-state index in [1.54, 1.807) is 48.2 Å². The highest BCUT2D eigenvalue weighted by molar-refractivity contribution is 7.13. The summed E-state index contributed by atoms with van der Waals surface area (Å²) in [6.07, 6.45) is 5.90. The summed E-state index contributed by atoms with van der Waals surface area (Å²) < 4.78 is 13.7. The van der Waals surface area contributed by atoms with Gasteiger partial charge in [-0.15, -0.1) is 11.3 Å². The zero-order chi connectivity index (χ0) is 27.2. The lowest BCUT2D eigenvalue weighted by molar-refractivity contribution is 0.249. The lowest BCUT2D eigenvalue weighted by Gasteiger charge is -2.18. The summed E-state index contributed by atoms with van der Waals surface area (Å²) >= 11 is 1.36. The second-order valence-electron chi connectivity index (χ2n) is 8.79. The third-order valence-electron chi connectivity index (χ3n) is 6.45. The molecule has 0 aliphatic carbocycles. The molecule has 2 aromatic carbocycles. The minimum atomic E-state index is -0.288. The van der Waals surface area contributed by atoms with Gasteiger partial charge in [-0.1, -0.05) is 13.8 Å². The van der Waals surface area contributed by atoms with Gasteiger partial charge in [-0.05, 0) is 55.9 Å². The zero-order valence-corrected chi connectivity index (χ0v) is 22.6. The monoisotopic (exact) mass is 540 g/mol. The number of pyridine rings is 1. The first-order chi connectivity index (χ1) is 19.1. The van der Waals surface area contributed by atoms with E-state index in [4.69, 9.17) is 9.47 Å². The largest absolute Gasteiger partial charge is 0.492 e. The Labute approximate surface area is 230 Å². The van der Waals surface area contributed by atoms with Crippen molar-refractivity contribution >= 4 is 44.3 Å². The number of rotatable bonds is 10. The summed E-state index contributed by atoms with van der Waals surface area (Å²) in [6, 6.07) is 14.6. The van der Waals surface area contributed by atoms with Crippen LogP contribution in [-0.2, 0) is 0 Å². The fourth-order valence-electron chi connectivity index (χ4n) is 4.38. The lowest BCUT2D eigenvalue weighted by Crippen LogP contribution is -2.25. The number of nitrogens with one attached hydrogen (secondary N) is 1. The Morgan fingerprint density at radius 1 is 1.10 bits per heavy atom. The van der Waals surface area contributed by atoms with Crippen LogP contribution in [0.25, 0.3) is 21.8 Å². The van der Waals surface area contributed by atoms with Crippen molar-refractivity contribution in [2.24, 2.45) is 0 Å². The molecule has 5 aromatic rings. The standard InChI is InChI=1S/C29H28N6O3S/c1-3-34(4-2)12-5-14-37-27-18-24-23(17-21(27)19-30)26(8-10-31-24)38-22-6-7-25-20(16-22)9-13-35(25)29(36)33-28-32-11-15-39-28/h6-11,13,15-18H,3-5,12,14H2,1-2H3,(H,32,33,36). The Hall–Kier alpha value is -4.46. The molecule has 3 aromatic heterocycles. The molecule has 0 bridgehead atoms. The van der Waals surface area contributed by atoms with Crippen LogP contribution in [0.4, 0.5) is 9.93 Å². The summed E-state index contributed by atoms with van der Waals surface area (Å²) in [5.41, 5.74) is 1.85. The molecule has 0 radical (unpaired) electrons. The van der Waals surface area contributed by atoms with E-state index in [1.165, 1.54) is 15.9 Å². The Bertz CT molecular complexity index is 1640. The highest BCUT2D eigenvalue weighted by atomic mass is 32.1. The Morgan fingerprint density at radius 3 is 2.74 bits per heavy atom. The molecule has 3 heterocycles. The molecule has 9 nitrogen and oxygen atoms in total. The van der Waals surface area contributed by atoms with Gasteiger partial charge in [-0.3, -0.25) is 14.9 Å². The van der Waals surface area contributed by atoms with Crippen LogP contribution in [0.3, 0.4) is 0 Å². The molecule has 0 atom stereocenters. The molecule has 39 heavy (non-hydrogen) atoms. The number of nitriles is 1. The number of carbonyl (C=O) groups excluding carboxylic acids is 1. The first-order valence-corrected chi connectivity index (χ1v) is 13.7. The van der Waals surface area contributed by atoms with Crippen LogP contribution < -0.4 is 14.8 Å². The number of benzene rings is 2. The van der Waals surface area contributed by atoms with Crippen LogP contribution in [0.2, 0.25) is 0 Å². The number of hydrogen-bond donors (Lipinski definition) is 1. The third kappa shape index (κ3) is 5.85. The molecule has 10 heteroatoms. The SMILES string of the molecule is CCN(CC)CCCOc1cc2nccc(Oc3ccc4c(ccn4C(=O)Nc4nccs4)c3)c2cc1C#N. The van der Waals surface area contributed by atoms with Crippen LogP contribution >= 0.6 is 11.3 Å². The number of aromatic nitrogens is 3. The molecule has 0 fully saturated rings. The number of nitrogens with zero attached hydrogens (tertiary/aromatic N) is 5. The first-order valence-electron chi connectivity index (χ1n) is 12.8. The smallest absolute Gasteiger partial charge is 0.332 e. The van der Waals surface area contributed by atoms with Crippen LogP contribution in [-0.4, -0.2) is 51.7 Å². The van der Waals surface area contributed by atoms with Crippen molar-refractivity contribution in [2.75, 3.05) is 31.6 Å². The quantitative estimate of drug-likeness (QED) is 0.202. The van der Waals surface area contributed by atoms with Gasteiger partial charge in [-0.2, -0.15) is 5.26 Å². The maximum absolute atomic E-state index is 12.7. The van der Waals surface area contributed by atoms with E-state index in [9.17, 15) is 10.1 Å². The van der Waals surface area contributed by atoms with Crippen molar-refractivity contribution in [3.63, 3.8) is 0 Å². The normalized spacial score (nSPS) is 11.1. The number of amides is 1. The fourth-order valence-corrected chi connectivity index (χ4v) is 4.90. The van der Waals surface area contributed by atoms with Gasteiger partial charge in [0.05, 0.1) is 23.2 Å².